The molecule has 8 nitrogen and oxygen atoms in total. The van der Waals surface area contributed by atoms with Crippen LogP contribution in [0.2, 0.25) is 0 Å². The quantitative estimate of drug-likeness (QED) is 0.489. The minimum atomic E-state index is -4.46. The SMILES string of the molecule is CCS(=O)(=O)Nc1cc(C2CN(C)C(=O)C3NCCC32)cc2c1nc(C)n2Cc1cccc(C(F)(F)F)c1. The highest BCUT2D eigenvalue weighted by molar-refractivity contribution is 7.92. The van der Waals surface area contributed by atoms with E-state index in [1.54, 1.807) is 35.6 Å². The number of piperidine rings is 1. The first-order chi connectivity index (χ1) is 17.9. The molecule has 0 aliphatic carbocycles. The van der Waals surface area contributed by atoms with Crippen LogP contribution in [0.3, 0.4) is 0 Å². The van der Waals surface area contributed by atoms with Gasteiger partial charge in [0, 0.05) is 26.1 Å². The average Bonchev–Trinajstić information content (AvgIpc) is 3.47. The molecule has 0 radical (unpaired) electrons. The molecule has 204 valence electrons. The van der Waals surface area contributed by atoms with E-state index >= 15 is 0 Å². The molecule has 0 saturated carbocycles. The van der Waals surface area contributed by atoms with Crippen molar-refractivity contribution in [2.75, 3.05) is 30.6 Å². The Labute approximate surface area is 219 Å². The third kappa shape index (κ3) is 4.86. The zero-order chi connectivity index (χ0) is 27.4. The van der Waals surface area contributed by atoms with E-state index in [1.165, 1.54) is 13.0 Å². The fraction of sp³-hybridized carbons (Fsp3) is 0.462. The van der Waals surface area contributed by atoms with Crippen molar-refractivity contribution < 1.29 is 26.4 Å². The van der Waals surface area contributed by atoms with Crippen LogP contribution in [-0.4, -0.2) is 60.7 Å². The van der Waals surface area contributed by atoms with Crippen molar-refractivity contribution >= 4 is 32.7 Å². The summed E-state index contributed by atoms with van der Waals surface area (Å²) in [7, 11) is -1.88. The Morgan fingerprint density at radius 3 is 2.68 bits per heavy atom. The van der Waals surface area contributed by atoms with Crippen LogP contribution in [-0.2, 0) is 27.5 Å². The molecular weight excluding hydrogens is 519 g/mol. The van der Waals surface area contributed by atoms with Gasteiger partial charge in [0.05, 0.1) is 28.6 Å². The number of sulfonamides is 1. The maximum absolute atomic E-state index is 13.3. The summed E-state index contributed by atoms with van der Waals surface area (Å²) in [4.78, 5) is 19.0. The average molecular weight is 550 g/mol. The molecule has 2 aliphatic rings. The standard InChI is InChI=1S/C26H30F3N5O3S/c1-4-38(36,37)32-21-11-17(20-14-33(3)25(35)23-19(20)8-9-30-23)12-22-24(21)31-15(2)34(22)13-16-6-5-7-18(10-16)26(27,28)29/h5-7,10-12,19-20,23,30,32H,4,8-9,13-14H2,1-3H3. The number of carbonyl (C=O) groups is 1. The topological polar surface area (TPSA) is 96.3 Å². The van der Waals surface area contributed by atoms with Gasteiger partial charge in [0.25, 0.3) is 0 Å². The van der Waals surface area contributed by atoms with Crippen LogP contribution >= 0.6 is 0 Å². The predicted molar refractivity (Wildman–Crippen MR) is 138 cm³/mol. The number of likely N-dealkylation sites (tertiary alicyclic amines) is 1. The van der Waals surface area contributed by atoms with E-state index in [0.29, 0.717) is 34.7 Å². The first-order valence-electron chi connectivity index (χ1n) is 12.5. The van der Waals surface area contributed by atoms with Gasteiger partial charge in [0.15, 0.2) is 0 Å². The smallest absolute Gasteiger partial charge is 0.344 e. The Hall–Kier alpha value is -3.12. The molecule has 2 aliphatic heterocycles. The molecule has 12 heteroatoms. The van der Waals surface area contributed by atoms with Gasteiger partial charge < -0.3 is 14.8 Å². The number of nitrogens with one attached hydrogen (secondary N) is 2. The van der Waals surface area contributed by atoms with E-state index in [-0.39, 0.29) is 36.1 Å². The number of rotatable bonds is 6. The Kier molecular flexibility index (Phi) is 6.67. The van der Waals surface area contributed by atoms with Gasteiger partial charge in [-0.15, -0.1) is 0 Å². The van der Waals surface area contributed by atoms with Crippen LogP contribution in [0, 0.1) is 12.8 Å². The molecule has 2 fully saturated rings. The summed E-state index contributed by atoms with van der Waals surface area (Å²) in [5, 5.41) is 3.29. The van der Waals surface area contributed by atoms with E-state index < -0.39 is 21.8 Å². The van der Waals surface area contributed by atoms with E-state index in [9.17, 15) is 26.4 Å². The molecule has 3 aromatic rings. The molecule has 5 rings (SSSR count). The Balaban J connectivity index is 1.64. The minimum Gasteiger partial charge on any atom is -0.344 e. The van der Waals surface area contributed by atoms with Crippen molar-refractivity contribution in [3.63, 3.8) is 0 Å². The lowest BCUT2D eigenvalue weighted by molar-refractivity contribution is -0.138. The van der Waals surface area contributed by atoms with Gasteiger partial charge in [-0.2, -0.15) is 13.2 Å². The van der Waals surface area contributed by atoms with Crippen molar-refractivity contribution in [2.24, 2.45) is 5.92 Å². The Bertz CT molecular complexity index is 1500. The van der Waals surface area contributed by atoms with E-state index in [1.807, 2.05) is 6.07 Å². The molecule has 2 aromatic carbocycles. The lowest BCUT2D eigenvalue weighted by Gasteiger charge is -2.38. The van der Waals surface area contributed by atoms with E-state index in [2.05, 4.69) is 15.0 Å². The Morgan fingerprint density at radius 1 is 1.21 bits per heavy atom. The van der Waals surface area contributed by atoms with Gasteiger partial charge in [0.2, 0.25) is 15.9 Å². The second-order valence-electron chi connectivity index (χ2n) is 10.1. The van der Waals surface area contributed by atoms with Crippen LogP contribution in [0.5, 0.6) is 0 Å². The number of aromatic nitrogens is 2. The number of amides is 1. The molecule has 3 atom stereocenters. The molecule has 3 heterocycles. The molecule has 0 bridgehead atoms. The summed E-state index contributed by atoms with van der Waals surface area (Å²) < 4.78 is 69.6. The monoisotopic (exact) mass is 549 g/mol. The summed E-state index contributed by atoms with van der Waals surface area (Å²) >= 11 is 0. The highest BCUT2D eigenvalue weighted by Crippen LogP contribution is 2.40. The number of fused-ring (bicyclic) bond motifs is 2. The molecule has 3 unspecified atom stereocenters. The molecule has 2 saturated heterocycles. The van der Waals surface area contributed by atoms with Crippen LogP contribution in [0.1, 0.15) is 41.8 Å². The number of anilines is 1. The van der Waals surface area contributed by atoms with Crippen molar-refractivity contribution in [1.29, 1.82) is 0 Å². The number of benzene rings is 2. The van der Waals surface area contributed by atoms with Crippen molar-refractivity contribution in [2.45, 2.75) is 44.9 Å². The number of halogens is 3. The minimum absolute atomic E-state index is 0.0437. The lowest BCUT2D eigenvalue weighted by Crippen LogP contribution is -2.52. The number of carbonyl (C=O) groups excluding carboxylic acids is 1. The maximum Gasteiger partial charge on any atom is 0.416 e. The lowest BCUT2D eigenvalue weighted by atomic mass is 9.77. The third-order valence-corrected chi connectivity index (χ3v) is 8.93. The number of likely N-dealkylation sites (N-methyl/N-ethyl adjacent to an activating group) is 1. The van der Waals surface area contributed by atoms with Crippen molar-refractivity contribution in [3.8, 4) is 0 Å². The summed E-state index contributed by atoms with van der Waals surface area (Å²) in [5.74, 6) is 0.458. The molecular formula is C26H30F3N5O3S. The number of aryl methyl sites for hydroxylation is 1. The molecule has 38 heavy (non-hydrogen) atoms. The third-order valence-electron chi connectivity index (χ3n) is 7.64. The van der Waals surface area contributed by atoms with Crippen molar-refractivity contribution in [1.82, 2.24) is 19.8 Å². The van der Waals surface area contributed by atoms with Crippen LogP contribution < -0.4 is 10.0 Å². The molecule has 1 aromatic heterocycles. The number of nitrogens with zero attached hydrogens (tertiary/aromatic N) is 3. The van der Waals surface area contributed by atoms with Crippen LogP contribution in [0.4, 0.5) is 18.9 Å². The number of hydrogen-bond acceptors (Lipinski definition) is 5. The van der Waals surface area contributed by atoms with Gasteiger partial charge in [0.1, 0.15) is 11.3 Å². The second kappa shape index (κ2) is 9.57. The zero-order valence-electron chi connectivity index (χ0n) is 21.3. The summed E-state index contributed by atoms with van der Waals surface area (Å²) in [5.41, 5.74) is 1.95. The number of alkyl halides is 3. The van der Waals surface area contributed by atoms with E-state index in [0.717, 1.165) is 30.7 Å². The summed E-state index contributed by atoms with van der Waals surface area (Å²) in [6.45, 7) is 4.61. The van der Waals surface area contributed by atoms with Gasteiger partial charge in [-0.25, -0.2) is 13.4 Å². The normalized spacial score (nSPS) is 22.2. The first-order valence-corrected chi connectivity index (χ1v) is 14.2. The molecule has 2 N–H and O–H groups in total. The van der Waals surface area contributed by atoms with Crippen molar-refractivity contribution in [3.05, 3.63) is 58.9 Å². The summed E-state index contributed by atoms with van der Waals surface area (Å²) in [6, 6.07) is 8.58. The first kappa shape index (κ1) is 26.5. The molecule has 1 amide bonds. The zero-order valence-corrected chi connectivity index (χ0v) is 22.2. The Morgan fingerprint density at radius 2 is 1.97 bits per heavy atom. The van der Waals surface area contributed by atoms with Gasteiger partial charge in [-0.3, -0.25) is 9.52 Å². The fourth-order valence-corrected chi connectivity index (χ4v) is 6.29. The van der Waals surface area contributed by atoms with Crippen LogP contribution in [0.15, 0.2) is 36.4 Å². The van der Waals surface area contributed by atoms with Gasteiger partial charge in [-0.1, -0.05) is 12.1 Å². The highest BCUT2D eigenvalue weighted by Gasteiger charge is 2.44. The van der Waals surface area contributed by atoms with Gasteiger partial charge >= 0.3 is 6.18 Å². The summed E-state index contributed by atoms with van der Waals surface area (Å²) in [6.07, 6.45) is -3.65. The highest BCUT2D eigenvalue weighted by atomic mass is 32.2. The number of imidazole rings is 1. The largest absolute Gasteiger partial charge is 0.416 e. The predicted octanol–water partition coefficient (Wildman–Crippen LogP) is 3.71. The maximum atomic E-state index is 13.3. The van der Waals surface area contributed by atoms with E-state index in [4.69, 9.17) is 0 Å². The van der Waals surface area contributed by atoms with Gasteiger partial charge in [-0.05, 0) is 68.1 Å². The second-order valence-corrected chi connectivity index (χ2v) is 12.1. The van der Waals surface area contributed by atoms with Crippen LogP contribution in [0.25, 0.3) is 11.0 Å². The molecule has 0 spiro atoms. The fourth-order valence-electron chi connectivity index (χ4n) is 5.66. The number of hydrogen-bond donors (Lipinski definition) is 2.